The summed E-state index contributed by atoms with van der Waals surface area (Å²) < 4.78 is 2.14. The molecule has 3 aromatic rings. The second-order valence-corrected chi connectivity index (χ2v) is 5.00. The van der Waals surface area contributed by atoms with Crippen molar-refractivity contribution < 1.29 is 15.2 Å². The zero-order valence-corrected chi connectivity index (χ0v) is 9.61. The number of rotatable bonds is 1. The summed E-state index contributed by atoms with van der Waals surface area (Å²) in [6, 6.07) is 10.5. The molecule has 1 aromatic heterocycles. The molecular weight excluding hydrogens is 235 g/mol. The quantitative estimate of drug-likeness (QED) is 0.567. The Morgan fingerprint density at radius 3 is 2.24 bits per heavy atom. The zero-order valence-electron chi connectivity index (χ0n) is 8.79. The summed E-state index contributed by atoms with van der Waals surface area (Å²) in [5.74, 6) is 0.215. The molecule has 0 aliphatic rings. The largest absolute Gasteiger partial charge is 0.508 e. The van der Waals surface area contributed by atoms with Crippen LogP contribution in [-0.4, -0.2) is 22.3 Å². The highest BCUT2D eigenvalue weighted by Gasteiger charge is 2.13. The molecule has 0 saturated carbocycles. The van der Waals surface area contributed by atoms with Crippen molar-refractivity contribution in [3.8, 4) is 5.75 Å². The maximum absolute atomic E-state index is 9.49. The SMILES string of the molecule is OB(O)c1ccc2sc3ccc(O)cc3c2c1. The predicted molar refractivity (Wildman–Crippen MR) is 70.8 cm³/mol. The van der Waals surface area contributed by atoms with Crippen LogP contribution in [0.5, 0.6) is 5.75 Å². The number of phenols is 1. The van der Waals surface area contributed by atoms with E-state index < -0.39 is 7.12 Å². The van der Waals surface area contributed by atoms with E-state index in [0.717, 1.165) is 20.2 Å². The number of benzene rings is 2. The average molecular weight is 244 g/mol. The van der Waals surface area contributed by atoms with Crippen molar-refractivity contribution in [2.45, 2.75) is 0 Å². The van der Waals surface area contributed by atoms with Gasteiger partial charge >= 0.3 is 7.12 Å². The Bertz CT molecular complexity index is 705. The summed E-state index contributed by atoms with van der Waals surface area (Å²) in [5.41, 5.74) is 0.459. The van der Waals surface area contributed by atoms with E-state index in [4.69, 9.17) is 10.0 Å². The Morgan fingerprint density at radius 1 is 0.882 bits per heavy atom. The minimum absolute atomic E-state index is 0.215. The Kier molecular flexibility index (Phi) is 2.33. The third-order valence-corrected chi connectivity index (χ3v) is 3.93. The topological polar surface area (TPSA) is 60.7 Å². The monoisotopic (exact) mass is 244 g/mol. The van der Waals surface area contributed by atoms with E-state index in [0.29, 0.717) is 5.46 Å². The summed E-state index contributed by atoms with van der Waals surface area (Å²) in [4.78, 5) is 0. The number of hydrogen-bond donors (Lipinski definition) is 3. The minimum atomic E-state index is -1.47. The van der Waals surface area contributed by atoms with E-state index >= 15 is 0 Å². The van der Waals surface area contributed by atoms with Crippen LogP contribution in [-0.2, 0) is 0 Å². The number of phenolic OH excluding ortho intramolecular Hbond substituents is 1. The van der Waals surface area contributed by atoms with Crippen molar-refractivity contribution in [2.24, 2.45) is 0 Å². The van der Waals surface area contributed by atoms with Crippen LogP contribution in [0.15, 0.2) is 36.4 Å². The Hall–Kier alpha value is -1.56. The lowest BCUT2D eigenvalue weighted by molar-refractivity contribution is 0.426. The van der Waals surface area contributed by atoms with Gasteiger partial charge in [-0.2, -0.15) is 0 Å². The summed E-state index contributed by atoms with van der Waals surface area (Å²) in [7, 11) is -1.47. The van der Waals surface area contributed by atoms with Crippen molar-refractivity contribution >= 4 is 44.1 Å². The molecule has 3 rings (SSSR count). The molecule has 0 spiro atoms. The molecule has 3 nitrogen and oxygen atoms in total. The van der Waals surface area contributed by atoms with Gasteiger partial charge in [0.25, 0.3) is 0 Å². The second kappa shape index (κ2) is 3.73. The molecule has 0 bridgehead atoms. The summed E-state index contributed by atoms with van der Waals surface area (Å²) in [6.07, 6.45) is 0. The fourth-order valence-electron chi connectivity index (χ4n) is 1.94. The maximum Gasteiger partial charge on any atom is 0.488 e. The van der Waals surface area contributed by atoms with Gasteiger partial charge in [-0.15, -0.1) is 11.3 Å². The molecule has 0 unspecified atom stereocenters. The van der Waals surface area contributed by atoms with Crippen LogP contribution < -0.4 is 5.46 Å². The van der Waals surface area contributed by atoms with Crippen molar-refractivity contribution in [1.82, 2.24) is 0 Å². The molecule has 0 fully saturated rings. The van der Waals surface area contributed by atoms with Crippen LogP contribution in [0.1, 0.15) is 0 Å². The van der Waals surface area contributed by atoms with Gasteiger partial charge in [0.1, 0.15) is 5.75 Å². The first-order chi connectivity index (χ1) is 8.15. The van der Waals surface area contributed by atoms with Gasteiger partial charge < -0.3 is 15.2 Å². The van der Waals surface area contributed by atoms with Crippen molar-refractivity contribution in [1.29, 1.82) is 0 Å². The van der Waals surface area contributed by atoms with Gasteiger partial charge in [-0.3, -0.25) is 0 Å². The Morgan fingerprint density at radius 2 is 1.53 bits per heavy atom. The van der Waals surface area contributed by atoms with Crippen LogP contribution in [0.4, 0.5) is 0 Å². The molecule has 0 saturated heterocycles. The van der Waals surface area contributed by atoms with Crippen molar-refractivity contribution in [3.05, 3.63) is 36.4 Å². The van der Waals surface area contributed by atoms with Crippen molar-refractivity contribution in [3.63, 3.8) is 0 Å². The first kappa shape index (κ1) is 10.6. The van der Waals surface area contributed by atoms with Gasteiger partial charge in [-0.25, -0.2) is 0 Å². The minimum Gasteiger partial charge on any atom is -0.508 e. The lowest BCUT2D eigenvalue weighted by Gasteiger charge is -1.99. The van der Waals surface area contributed by atoms with Gasteiger partial charge in [0, 0.05) is 20.2 Å². The maximum atomic E-state index is 9.49. The molecule has 0 aliphatic carbocycles. The molecule has 2 aromatic carbocycles. The molecule has 84 valence electrons. The Labute approximate surface area is 102 Å². The highest BCUT2D eigenvalue weighted by atomic mass is 32.1. The molecule has 0 aliphatic heterocycles. The number of fused-ring (bicyclic) bond motifs is 3. The lowest BCUT2D eigenvalue weighted by atomic mass is 9.80. The summed E-state index contributed by atoms with van der Waals surface area (Å²) in [5, 5.41) is 29.7. The molecular formula is C12H9BO3S. The van der Waals surface area contributed by atoms with Crippen LogP contribution in [0.25, 0.3) is 20.2 Å². The first-order valence-electron chi connectivity index (χ1n) is 5.16. The highest BCUT2D eigenvalue weighted by Crippen LogP contribution is 2.34. The van der Waals surface area contributed by atoms with Gasteiger partial charge in [-0.05, 0) is 29.7 Å². The van der Waals surface area contributed by atoms with Crippen LogP contribution >= 0.6 is 11.3 Å². The Balaban J connectivity index is 2.39. The molecule has 3 N–H and O–H groups in total. The molecule has 17 heavy (non-hydrogen) atoms. The van der Waals surface area contributed by atoms with E-state index in [1.807, 2.05) is 12.1 Å². The molecule has 0 amide bonds. The normalized spacial score (nSPS) is 11.2. The average Bonchev–Trinajstić information content (AvgIpc) is 2.66. The second-order valence-electron chi connectivity index (χ2n) is 3.91. The van der Waals surface area contributed by atoms with Crippen molar-refractivity contribution in [2.75, 3.05) is 0 Å². The molecule has 1 heterocycles. The number of hydrogen-bond acceptors (Lipinski definition) is 4. The number of thiophene rings is 1. The van der Waals surface area contributed by atoms with E-state index in [2.05, 4.69) is 0 Å². The third-order valence-electron chi connectivity index (χ3n) is 2.77. The lowest BCUT2D eigenvalue weighted by Crippen LogP contribution is -2.29. The summed E-state index contributed by atoms with van der Waals surface area (Å²) >= 11 is 1.62. The van der Waals surface area contributed by atoms with Crippen LogP contribution in [0.2, 0.25) is 0 Å². The first-order valence-corrected chi connectivity index (χ1v) is 5.98. The van der Waals surface area contributed by atoms with E-state index in [9.17, 15) is 5.11 Å². The zero-order chi connectivity index (χ0) is 12.0. The van der Waals surface area contributed by atoms with E-state index in [-0.39, 0.29) is 5.75 Å². The molecule has 0 radical (unpaired) electrons. The molecule has 0 atom stereocenters. The summed E-state index contributed by atoms with van der Waals surface area (Å²) in [6.45, 7) is 0. The predicted octanol–water partition coefficient (Wildman–Crippen LogP) is 1.44. The van der Waals surface area contributed by atoms with Crippen LogP contribution in [0, 0.1) is 0 Å². The number of aromatic hydroxyl groups is 1. The standard InChI is InChI=1S/C12H9BO3S/c14-8-2-4-12-10(6-8)9-5-7(13(15)16)1-3-11(9)17-12/h1-6,14-16H. The van der Waals surface area contributed by atoms with Gasteiger partial charge in [0.05, 0.1) is 0 Å². The third kappa shape index (κ3) is 1.68. The van der Waals surface area contributed by atoms with Gasteiger partial charge in [0.2, 0.25) is 0 Å². The molecule has 5 heteroatoms. The van der Waals surface area contributed by atoms with Gasteiger partial charge in [0.15, 0.2) is 0 Å². The smallest absolute Gasteiger partial charge is 0.488 e. The van der Waals surface area contributed by atoms with Gasteiger partial charge in [-0.1, -0.05) is 12.1 Å². The fourth-order valence-corrected chi connectivity index (χ4v) is 3.01. The van der Waals surface area contributed by atoms with Crippen LogP contribution in [0.3, 0.4) is 0 Å². The highest BCUT2D eigenvalue weighted by molar-refractivity contribution is 7.25. The fraction of sp³-hybridized carbons (Fsp3) is 0. The van der Waals surface area contributed by atoms with E-state index in [1.165, 1.54) is 0 Å². The van der Waals surface area contributed by atoms with E-state index in [1.54, 1.807) is 35.6 Å².